The highest BCUT2D eigenvalue weighted by Gasteiger charge is 2.18. The SMILES string of the molecule is c1ccc(-c2cccc(-c3ccc4c(c3)Cc3cc(-c5cccc(-c6ccccc6)c5)ccc3S4)c2)cc1. The van der Waals surface area contributed by atoms with E-state index in [0.29, 0.717) is 0 Å². The average Bonchev–Trinajstić information content (AvgIpc) is 3.00. The van der Waals surface area contributed by atoms with Gasteiger partial charge in [-0.25, -0.2) is 0 Å². The van der Waals surface area contributed by atoms with Gasteiger partial charge in [0, 0.05) is 9.79 Å². The summed E-state index contributed by atoms with van der Waals surface area (Å²) in [7, 11) is 0. The summed E-state index contributed by atoms with van der Waals surface area (Å²) in [5.41, 5.74) is 12.9. The molecule has 0 aromatic heterocycles. The van der Waals surface area contributed by atoms with Crippen LogP contribution in [0.3, 0.4) is 0 Å². The minimum absolute atomic E-state index is 0.954. The Hall–Kier alpha value is -4.33. The van der Waals surface area contributed by atoms with Gasteiger partial charge in [-0.1, -0.05) is 121 Å². The fraction of sp³-hybridized carbons (Fsp3) is 0.0270. The molecule has 0 N–H and O–H groups in total. The van der Waals surface area contributed by atoms with E-state index in [1.807, 2.05) is 11.8 Å². The summed E-state index contributed by atoms with van der Waals surface area (Å²) < 4.78 is 0. The lowest BCUT2D eigenvalue weighted by molar-refractivity contribution is 1.06. The molecule has 1 heterocycles. The summed E-state index contributed by atoms with van der Waals surface area (Å²) in [6, 6.07) is 52.9. The maximum Gasteiger partial charge on any atom is 0.0158 e. The maximum atomic E-state index is 2.39. The van der Waals surface area contributed by atoms with Crippen molar-refractivity contribution in [1.82, 2.24) is 0 Å². The first kappa shape index (κ1) is 22.8. The molecule has 0 unspecified atom stereocenters. The van der Waals surface area contributed by atoms with Crippen LogP contribution in [0.15, 0.2) is 155 Å². The van der Waals surface area contributed by atoms with E-state index in [9.17, 15) is 0 Å². The van der Waals surface area contributed by atoms with Crippen molar-refractivity contribution in [3.05, 3.63) is 157 Å². The zero-order valence-electron chi connectivity index (χ0n) is 21.0. The van der Waals surface area contributed by atoms with Crippen molar-refractivity contribution in [2.45, 2.75) is 16.2 Å². The second-order valence-electron chi connectivity index (χ2n) is 9.82. The van der Waals surface area contributed by atoms with E-state index in [0.717, 1.165) is 6.42 Å². The second-order valence-corrected chi connectivity index (χ2v) is 10.9. The first-order valence-corrected chi connectivity index (χ1v) is 13.9. The Morgan fingerprint density at radius 3 is 1.13 bits per heavy atom. The first-order chi connectivity index (χ1) is 18.8. The lowest BCUT2D eigenvalue weighted by atomic mass is 9.94. The number of benzene rings is 6. The van der Waals surface area contributed by atoms with Gasteiger partial charge >= 0.3 is 0 Å². The molecule has 6 aromatic carbocycles. The van der Waals surface area contributed by atoms with Crippen molar-refractivity contribution < 1.29 is 0 Å². The van der Waals surface area contributed by atoms with E-state index >= 15 is 0 Å². The van der Waals surface area contributed by atoms with Crippen LogP contribution >= 0.6 is 11.8 Å². The predicted octanol–water partition coefficient (Wildman–Crippen LogP) is 10.4. The lowest BCUT2D eigenvalue weighted by Crippen LogP contribution is -2.00. The van der Waals surface area contributed by atoms with Gasteiger partial charge in [-0.2, -0.15) is 0 Å². The standard InChI is InChI=1S/C37H26S/c1-3-9-26(10-4-1)28-13-7-15-30(21-28)32-17-19-36-34(23-32)25-35-24-33(18-20-37(35)38-36)31-16-8-14-29(22-31)27-11-5-2-6-12-27/h1-24H,25H2. The zero-order valence-corrected chi connectivity index (χ0v) is 21.8. The number of hydrogen-bond donors (Lipinski definition) is 0. The van der Waals surface area contributed by atoms with Gasteiger partial charge in [-0.3, -0.25) is 0 Å². The summed E-state index contributed by atoms with van der Waals surface area (Å²) in [5.74, 6) is 0. The van der Waals surface area contributed by atoms with Crippen molar-refractivity contribution in [3.8, 4) is 44.5 Å². The number of rotatable bonds is 4. The molecule has 0 radical (unpaired) electrons. The largest absolute Gasteiger partial charge is 0.0895 e. The van der Waals surface area contributed by atoms with Crippen LogP contribution in [0.25, 0.3) is 44.5 Å². The molecular formula is C37H26S. The van der Waals surface area contributed by atoms with Crippen LogP contribution < -0.4 is 0 Å². The van der Waals surface area contributed by atoms with Gasteiger partial charge in [0.1, 0.15) is 0 Å². The molecular weight excluding hydrogens is 476 g/mol. The molecule has 0 atom stereocenters. The third-order valence-electron chi connectivity index (χ3n) is 7.33. The van der Waals surface area contributed by atoms with E-state index in [-0.39, 0.29) is 0 Å². The molecule has 6 aromatic rings. The van der Waals surface area contributed by atoms with Crippen molar-refractivity contribution in [2.24, 2.45) is 0 Å². The summed E-state index contributed by atoms with van der Waals surface area (Å²) in [6.45, 7) is 0. The highest BCUT2D eigenvalue weighted by atomic mass is 32.2. The van der Waals surface area contributed by atoms with Crippen molar-refractivity contribution >= 4 is 11.8 Å². The molecule has 0 spiro atoms. The summed E-state index contributed by atoms with van der Waals surface area (Å²) in [4.78, 5) is 2.72. The molecule has 0 saturated carbocycles. The van der Waals surface area contributed by atoms with E-state index < -0.39 is 0 Å². The van der Waals surface area contributed by atoms with Gasteiger partial charge in [0.25, 0.3) is 0 Å². The fourth-order valence-electron chi connectivity index (χ4n) is 5.33. The number of fused-ring (bicyclic) bond motifs is 2. The number of hydrogen-bond acceptors (Lipinski definition) is 1. The molecule has 1 aliphatic heterocycles. The Morgan fingerprint density at radius 1 is 0.316 bits per heavy atom. The Balaban J connectivity index is 1.20. The Morgan fingerprint density at radius 2 is 0.684 bits per heavy atom. The van der Waals surface area contributed by atoms with Gasteiger partial charge in [0.2, 0.25) is 0 Å². The molecule has 180 valence electrons. The highest BCUT2D eigenvalue weighted by Crippen LogP contribution is 2.42. The quantitative estimate of drug-likeness (QED) is 0.231. The van der Waals surface area contributed by atoms with Crippen LogP contribution in [-0.4, -0.2) is 0 Å². The summed E-state index contributed by atoms with van der Waals surface area (Å²) in [6.07, 6.45) is 0.954. The van der Waals surface area contributed by atoms with Crippen molar-refractivity contribution in [2.75, 3.05) is 0 Å². The minimum atomic E-state index is 0.954. The Labute approximate surface area is 228 Å². The van der Waals surface area contributed by atoms with Gasteiger partial charge in [-0.05, 0) is 98.5 Å². The van der Waals surface area contributed by atoms with Crippen LogP contribution in [-0.2, 0) is 6.42 Å². The molecule has 38 heavy (non-hydrogen) atoms. The maximum absolute atomic E-state index is 2.39. The second kappa shape index (κ2) is 9.85. The molecule has 1 aliphatic rings. The molecule has 1 heteroatoms. The summed E-state index contributed by atoms with van der Waals surface area (Å²) in [5, 5.41) is 0. The molecule has 0 aliphatic carbocycles. The van der Waals surface area contributed by atoms with Crippen molar-refractivity contribution in [3.63, 3.8) is 0 Å². The lowest BCUT2D eigenvalue weighted by Gasteiger charge is -2.21. The fourth-order valence-corrected chi connectivity index (χ4v) is 6.37. The van der Waals surface area contributed by atoms with E-state index in [1.165, 1.54) is 65.4 Å². The molecule has 0 saturated heterocycles. The molecule has 0 bridgehead atoms. The van der Waals surface area contributed by atoms with Gasteiger partial charge in [0.05, 0.1) is 0 Å². The van der Waals surface area contributed by atoms with Crippen molar-refractivity contribution in [1.29, 1.82) is 0 Å². The molecule has 7 rings (SSSR count). The smallest absolute Gasteiger partial charge is 0.0158 e. The third-order valence-corrected chi connectivity index (χ3v) is 8.56. The average molecular weight is 503 g/mol. The van der Waals surface area contributed by atoms with Crippen LogP contribution in [0.2, 0.25) is 0 Å². The normalized spacial score (nSPS) is 12.0. The van der Waals surface area contributed by atoms with E-state index in [1.54, 1.807) is 0 Å². The van der Waals surface area contributed by atoms with Crippen LogP contribution in [0, 0.1) is 0 Å². The Bertz CT molecular complexity index is 1620. The molecule has 0 amide bonds. The molecule has 0 nitrogen and oxygen atoms in total. The zero-order chi connectivity index (χ0) is 25.3. The van der Waals surface area contributed by atoms with Gasteiger partial charge in [-0.15, -0.1) is 0 Å². The summed E-state index contributed by atoms with van der Waals surface area (Å²) >= 11 is 1.89. The monoisotopic (exact) mass is 502 g/mol. The topological polar surface area (TPSA) is 0 Å². The van der Waals surface area contributed by atoms with Gasteiger partial charge in [0.15, 0.2) is 0 Å². The minimum Gasteiger partial charge on any atom is -0.0895 e. The van der Waals surface area contributed by atoms with Gasteiger partial charge < -0.3 is 0 Å². The van der Waals surface area contributed by atoms with Crippen LogP contribution in [0.1, 0.15) is 11.1 Å². The van der Waals surface area contributed by atoms with Crippen LogP contribution in [0.5, 0.6) is 0 Å². The van der Waals surface area contributed by atoms with Crippen LogP contribution in [0.4, 0.5) is 0 Å². The van der Waals surface area contributed by atoms with E-state index in [4.69, 9.17) is 0 Å². The predicted molar refractivity (Wildman–Crippen MR) is 162 cm³/mol. The first-order valence-electron chi connectivity index (χ1n) is 13.1. The Kier molecular flexibility index (Phi) is 5.92. The molecule has 0 fully saturated rings. The van der Waals surface area contributed by atoms with E-state index in [2.05, 4.69) is 146 Å². The highest BCUT2D eigenvalue weighted by molar-refractivity contribution is 7.99. The third kappa shape index (κ3) is 4.47.